The first-order chi connectivity index (χ1) is 10.1. The maximum Gasteiger partial charge on any atom is 0.225 e. The molecule has 1 amide bonds. The predicted molar refractivity (Wildman–Crippen MR) is 83.8 cm³/mol. The molecule has 0 radical (unpaired) electrons. The van der Waals surface area contributed by atoms with Crippen LogP contribution in [0.15, 0.2) is 24.3 Å². The number of rotatable bonds is 4. The lowest BCUT2D eigenvalue weighted by atomic mass is 9.93. The third-order valence-electron chi connectivity index (χ3n) is 4.18. The largest absolute Gasteiger partial charge is 0.326 e. The molecule has 2 unspecified atom stereocenters. The number of likely N-dealkylation sites (tertiary alicyclic amines) is 1. The second-order valence-electron chi connectivity index (χ2n) is 6.01. The molecule has 0 saturated carbocycles. The number of benzene rings is 1. The fraction of sp³-hybridized carbons (Fsp3) is 0.529. The molecule has 1 heterocycles. The van der Waals surface area contributed by atoms with Crippen molar-refractivity contribution in [3.63, 3.8) is 0 Å². The molecular weight excluding hydrogens is 262 g/mol. The van der Waals surface area contributed by atoms with E-state index in [-0.39, 0.29) is 5.91 Å². The van der Waals surface area contributed by atoms with Gasteiger partial charge in [-0.3, -0.25) is 4.79 Å². The molecule has 2 rings (SSSR count). The standard InChI is InChI=1S/C17H23N3O/c1-13-6-8-20(14(2)10-13)9-7-17(21)19-16-5-3-4-15(11-16)12-18/h3-5,11,13-14H,6-10H2,1-2H3,(H,19,21). The molecule has 1 aliphatic heterocycles. The van der Waals surface area contributed by atoms with Crippen molar-refractivity contribution in [1.82, 2.24) is 4.90 Å². The summed E-state index contributed by atoms with van der Waals surface area (Å²) in [5, 5.41) is 11.7. The number of amides is 1. The van der Waals surface area contributed by atoms with Crippen LogP contribution in [0, 0.1) is 17.2 Å². The lowest BCUT2D eigenvalue weighted by Crippen LogP contribution is -2.41. The van der Waals surface area contributed by atoms with E-state index in [0.29, 0.717) is 23.7 Å². The van der Waals surface area contributed by atoms with Crippen LogP contribution in [-0.4, -0.2) is 29.9 Å². The first-order valence-corrected chi connectivity index (χ1v) is 7.62. The number of nitrogens with one attached hydrogen (secondary N) is 1. The highest BCUT2D eigenvalue weighted by molar-refractivity contribution is 5.90. The van der Waals surface area contributed by atoms with Gasteiger partial charge in [-0.2, -0.15) is 5.26 Å². The number of hydrogen-bond donors (Lipinski definition) is 1. The maximum atomic E-state index is 12.0. The van der Waals surface area contributed by atoms with Crippen molar-refractivity contribution >= 4 is 11.6 Å². The van der Waals surface area contributed by atoms with Gasteiger partial charge in [0.1, 0.15) is 0 Å². The summed E-state index contributed by atoms with van der Waals surface area (Å²) in [7, 11) is 0. The molecule has 1 fully saturated rings. The van der Waals surface area contributed by atoms with Crippen LogP contribution in [0.2, 0.25) is 0 Å². The Morgan fingerprint density at radius 3 is 3.00 bits per heavy atom. The summed E-state index contributed by atoms with van der Waals surface area (Å²) in [6.45, 7) is 6.42. The monoisotopic (exact) mass is 285 g/mol. The van der Waals surface area contributed by atoms with Gasteiger partial charge in [0.25, 0.3) is 0 Å². The Balaban J connectivity index is 1.81. The average molecular weight is 285 g/mol. The lowest BCUT2D eigenvalue weighted by molar-refractivity contribution is -0.116. The molecule has 2 atom stereocenters. The number of nitriles is 1. The molecule has 21 heavy (non-hydrogen) atoms. The zero-order valence-corrected chi connectivity index (χ0v) is 12.8. The molecule has 0 bridgehead atoms. The van der Waals surface area contributed by atoms with Crippen LogP contribution in [0.25, 0.3) is 0 Å². The van der Waals surface area contributed by atoms with Crippen LogP contribution >= 0.6 is 0 Å². The van der Waals surface area contributed by atoms with Crippen molar-refractivity contribution in [3.8, 4) is 6.07 Å². The van der Waals surface area contributed by atoms with Gasteiger partial charge in [0, 0.05) is 24.7 Å². The third kappa shape index (κ3) is 4.57. The summed E-state index contributed by atoms with van der Waals surface area (Å²) in [5.74, 6) is 0.801. The van der Waals surface area contributed by atoms with Crippen LogP contribution in [0.4, 0.5) is 5.69 Å². The van der Waals surface area contributed by atoms with E-state index in [4.69, 9.17) is 5.26 Å². The third-order valence-corrected chi connectivity index (χ3v) is 4.18. The minimum atomic E-state index is 0.0101. The normalized spacial score (nSPS) is 22.5. The van der Waals surface area contributed by atoms with Crippen molar-refractivity contribution in [2.75, 3.05) is 18.4 Å². The highest BCUT2D eigenvalue weighted by Gasteiger charge is 2.22. The summed E-state index contributed by atoms with van der Waals surface area (Å²) in [6.07, 6.45) is 2.93. The minimum absolute atomic E-state index is 0.0101. The summed E-state index contributed by atoms with van der Waals surface area (Å²) in [6, 6.07) is 9.65. The number of nitrogens with zero attached hydrogens (tertiary/aromatic N) is 2. The number of carbonyl (C=O) groups excluding carboxylic acids is 1. The van der Waals surface area contributed by atoms with E-state index in [2.05, 4.69) is 30.1 Å². The minimum Gasteiger partial charge on any atom is -0.326 e. The molecule has 0 aliphatic carbocycles. The van der Waals surface area contributed by atoms with Crippen molar-refractivity contribution in [2.45, 2.75) is 39.2 Å². The van der Waals surface area contributed by atoms with Gasteiger partial charge in [-0.1, -0.05) is 13.0 Å². The Morgan fingerprint density at radius 1 is 1.48 bits per heavy atom. The van der Waals surface area contributed by atoms with Crippen LogP contribution < -0.4 is 5.32 Å². The Hall–Kier alpha value is -1.86. The lowest BCUT2D eigenvalue weighted by Gasteiger charge is -2.36. The van der Waals surface area contributed by atoms with Crippen LogP contribution in [-0.2, 0) is 4.79 Å². The Kier molecular flexibility index (Phi) is 5.35. The smallest absolute Gasteiger partial charge is 0.225 e. The van der Waals surface area contributed by atoms with Gasteiger partial charge in [-0.15, -0.1) is 0 Å². The summed E-state index contributed by atoms with van der Waals surface area (Å²) < 4.78 is 0. The molecule has 0 aromatic heterocycles. The van der Waals surface area contributed by atoms with Gasteiger partial charge in [0.15, 0.2) is 0 Å². The molecule has 1 N–H and O–H groups in total. The van der Waals surface area contributed by atoms with E-state index in [1.165, 1.54) is 12.8 Å². The van der Waals surface area contributed by atoms with Crippen molar-refractivity contribution < 1.29 is 4.79 Å². The van der Waals surface area contributed by atoms with Gasteiger partial charge >= 0.3 is 0 Å². The second-order valence-corrected chi connectivity index (χ2v) is 6.01. The van der Waals surface area contributed by atoms with Crippen LogP contribution in [0.1, 0.15) is 38.7 Å². The molecule has 1 aromatic rings. The van der Waals surface area contributed by atoms with Crippen LogP contribution in [0.3, 0.4) is 0 Å². The average Bonchev–Trinajstić information content (AvgIpc) is 2.46. The molecule has 1 aromatic carbocycles. The molecule has 4 nitrogen and oxygen atoms in total. The van der Waals surface area contributed by atoms with E-state index < -0.39 is 0 Å². The fourth-order valence-corrected chi connectivity index (χ4v) is 2.92. The van der Waals surface area contributed by atoms with Crippen molar-refractivity contribution in [3.05, 3.63) is 29.8 Å². The highest BCUT2D eigenvalue weighted by atomic mass is 16.1. The maximum absolute atomic E-state index is 12.0. The topological polar surface area (TPSA) is 56.1 Å². The SMILES string of the molecule is CC1CCN(CCC(=O)Nc2cccc(C#N)c2)C(C)C1. The Bertz CT molecular complexity index is 535. The number of carbonyl (C=O) groups is 1. The first kappa shape index (κ1) is 15.5. The Labute approximate surface area is 126 Å². The van der Waals surface area contributed by atoms with Gasteiger partial charge in [0.05, 0.1) is 11.6 Å². The van der Waals surface area contributed by atoms with E-state index >= 15 is 0 Å². The quantitative estimate of drug-likeness (QED) is 0.925. The van der Waals surface area contributed by atoms with Gasteiger partial charge in [-0.25, -0.2) is 0 Å². The van der Waals surface area contributed by atoms with Gasteiger partial charge < -0.3 is 10.2 Å². The first-order valence-electron chi connectivity index (χ1n) is 7.62. The molecule has 1 aliphatic rings. The van der Waals surface area contributed by atoms with Crippen molar-refractivity contribution in [2.24, 2.45) is 5.92 Å². The summed E-state index contributed by atoms with van der Waals surface area (Å²) in [4.78, 5) is 14.4. The predicted octanol–water partition coefficient (Wildman–Crippen LogP) is 3.01. The van der Waals surface area contributed by atoms with E-state index in [0.717, 1.165) is 19.0 Å². The van der Waals surface area contributed by atoms with E-state index in [9.17, 15) is 4.79 Å². The van der Waals surface area contributed by atoms with Crippen LogP contribution in [0.5, 0.6) is 0 Å². The van der Waals surface area contributed by atoms with Gasteiger partial charge in [0.2, 0.25) is 5.91 Å². The van der Waals surface area contributed by atoms with Crippen molar-refractivity contribution in [1.29, 1.82) is 5.26 Å². The molecule has 1 saturated heterocycles. The molecule has 112 valence electrons. The number of hydrogen-bond acceptors (Lipinski definition) is 3. The van der Waals surface area contributed by atoms with E-state index in [1.54, 1.807) is 18.2 Å². The molecule has 0 spiro atoms. The van der Waals surface area contributed by atoms with Gasteiger partial charge in [-0.05, 0) is 50.4 Å². The highest BCUT2D eigenvalue weighted by Crippen LogP contribution is 2.22. The zero-order chi connectivity index (χ0) is 15.2. The summed E-state index contributed by atoms with van der Waals surface area (Å²) >= 11 is 0. The summed E-state index contributed by atoms with van der Waals surface area (Å²) in [5.41, 5.74) is 1.26. The number of piperidine rings is 1. The second kappa shape index (κ2) is 7.24. The fourth-order valence-electron chi connectivity index (χ4n) is 2.92. The number of anilines is 1. The van der Waals surface area contributed by atoms with E-state index in [1.807, 2.05) is 6.07 Å². The zero-order valence-electron chi connectivity index (χ0n) is 12.8. The molecular formula is C17H23N3O. The Morgan fingerprint density at radius 2 is 2.29 bits per heavy atom. The molecule has 4 heteroatoms.